The standard InChI is InChI=1S/C16H21N5/c1-13-3-2-4-15(20-13)11-19-14-5-9-21(10-6-14)16-12-17-7-8-18-16/h2-4,7-8,12,14,19H,5-6,9-11H2,1H3. The Labute approximate surface area is 125 Å². The Morgan fingerprint density at radius 2 is 2.10 bits per heavy atom. The molecule has 0 radical (unpaired) electrons. The van der Waals surface area contributed by atoms with Gasteiger partial charge in [0, 0.05) is 43.8 Å². The third-order valence-corrected chi connectivity index (χ3v) is 3.89. The molecule has 0 saturated carbocycles. The minimum Gasteiger partial charge on any atom is -0.355 e. The zero-order valence-corrected chi connectivity index (χ0v) is 12.4. The van der Waals surface area contributed by atoms with Gasteiger partial charge in [-0.2, -0.15) is 0 Å². The Kier molecular flexibility index (Phi) is 4.40. The summed E-state index contributed by atoms with van der Waals surface area (Å²) in [4.78, 5) is 15.3. The topological polar surface area (TPSA) is 53.9 Å². The molecule has 0 aromatic carbocycles. The molecule has 2 aromatic rings. The SMILES string of the molecule is Cc1cccc(CNC2CCN(c3cnccn3)CC2)n1. The van der Waals surface area contributed by atoms with E-state index in [2.05, 4.69) is 37.3 Å². The monoisotopic (exact) mass is 283 g/mol. The highest BCUT2D eigenvalue weighted by molar-refractivity contribution is 5.35. The van der Waals surface area contributed by atoms with Crippen molar-refractivity contribution < 1.29 is 0 Å². The van der Waals surface area contributed by atoms with Gasteiger partial charge in [0.1, 0.15) is 5.82 Å². The zero-order chi connectivity index (χ0) is 14.5. The van der Waals surface area contributed by atoms with Crippen LogP contribution >= 0.6 is 0 Å². The molecule has 0 aliphatic carbocycles. The van der Waals surface area contributed by atoms with Gasteiger partial charge < -0.3 is 10.2 Å². The summed E-state index contributed by atoms with van der Waals surface area (Å²) in [7, 11) is 0. The Morgan fingerprint density at radius 1 is 1.24 bits per heavy atom. The maximum atomic E-state index is 4.53. The van der Waals surface area contributed by atoms with Crippen molar-refractivity contribution in [1.82, 2.24) is 20.3 Å². The average Bonchev–Trinajstić information content (AvgIpc) is 2.54. The predicted octanol–water partition coefficient (Wildman–Crippen LogP) is 1.94. The lowest BCUT2D eigenvalue weighted by molar-refractivity contribution is 0.410. The number of rotatable bonds is 4. The van der Waals surface area contributed by atoms with Crippen molar-refractivity contribution in [3.63, 3.8) is 0 Å². The molecule has 21 heavy (non-hydrogen) atoms. The number of nitrogens with one attached hydrogen (secondary N) is 1. The van der Waals surface area contributed by atoms with Gasteiger partial charge in [-0.15, -0.1) is 0 Å². The number of hydrogen-bond acceptors (Lipinski definition) is 5. The van der Waals surface area contributed by atoms with E-state index in [0.29, 0.717) is 6.04 Å². The molecule has 1 aliphatic heterocycles. The first-order chi connectivity index (χ1) is 10.3. The fourth-order valence-corrected chi connectivity index (χ4v) is 2.71. The van der Waals surface area contributed by atoms with Crippen LogP contribution in [0.15, 0.2) is 36.8 Å². The fourth-order valence-electron chi connectivity index (χ4n) is 2.71. The van der Waals surface area contributed by atoms with E-state index in [1.54, 1.807) is 12.4 Å². The largest absolute Gasteiger partial charge is 0.355 e. The minimum absolute atomic E-state index is 0.556. The highest BCUT2D eigenvalue weighted by Crippen LogP contribution is 2.16. The lowest BCUT2D eigenvalue weighted by Gasteiger charge is -2.33. The Bertz CT molecular complexity index is 564. The maximum Gasteiger partial charge on any atom is 0.147 e. The summed E-state index contributed by atoms with van der Waals surface area (Å²) in [6.45, 7) is 4.93. The molecule has 0 atom stereocenters. The smallest absolute Gasteiger partial charge is 0.147 e. The molecule has 0 unspecified atom stereocenters. The summed E-state index contributed by atoms with van der Waals surface area (Å²) in [5.41, 5.74) is 2.19. The maximum absolute atomic E-state index is 4.53. The Morgan fingerprint density at radius 3 is 2.81 bits per heavy atom. The second-order valence-electron chi connectivity index (χ2n) is 5.48. The van der Waals surface area contributed by atoms with Gasteiger partial charge in [0.2, 0.25) is 0 Å². The van der Waals surface area contributed by atoms with Gasteiger partial charge >= 0.3 is 0 Å². The van der Waals surface area contributed by atoms with E-state index in [9.17, 15) is 0 Å². The van der Waals surface area contributed by atoms with Crippen LogP contribution in [0.25, 0.3) is 0 Å². The average molecular weight is 283 g/mol. The van der Waals surface area contributed by atoms with E-state index < -0.39 is 0 Å². The third-order valence-electron chi connectivity index (χ3n) is 3.89. The summed E-state index contributed by atoms with van der Waals surface area (Å²) >= 11 is 0. The number of anilines is 1. The van der Waals surface area contributed by atoms with E-state index in [1.165, 1.54) is 0 Å². The van der Waals surface area contributed by atoms with Crippen molar-refractivity contribution in [2.75, 3.05) is 18.0 Å². The third kappa shape index (κ3) is 3.76. The predicted molar refractivity (Wildman–Crippen MR) is 83.1 cm³/mol. The lowest BCUT2D eigenvalue weighted by atomic mass is 10.0. The molecule has 5 nitrogen and oxygen atoms in total. The zero-order valence-electron chi connectivity index (χ0n) is 12.4. The Balaban J connectivity index is 1.48. The molecule has 0 bridgehead atoms. The van der Waals surface area contributed by atoms with Gasteiger partial charge in [0.05, 0.1) is 11.9 Å². The molecule has 0 spiro atoms. The van der Waals surface area contributed by atoms with Crippen LogP contribution in [0.4, 0.5) is 5.82 Å². The number of nitrogens with zero attached hydrogens (tertiary/aromatic N) is 4. The molecular formula is C16H21N5. The van der Waals surface area contributed by atoms with Crippen molar-refractivity contribution in [2.45, 2.75) is 32.4 Å². The number of piperidine rings is 1. The van der Waals surface area contributed by atoms with Gasteiger partial charge in [-0.05, 0) is 31.9 Å². The molecule has 3 heterocycles. The van der Waals surface area contributed by atoms with Crippen molar-refractivity contribution in [2.24, 2.45) is 0 Å². The van der Waals surface area contributed by atoms with Gasteiger partial charge in [-0.3, -0.25) is 9.97 Å². The first-order valence-electron chi connectivity index (χ1n) is 7.48. The number of pyridine rings is 1. The first-order valence-corrected chi connectivity index (χ1v) is 7.48. The van der Waals surface area contributed by atoms with Crippen LogP contribution in [0.3, 0.4) is 0 Å². The van der Waals surface area contributed by atoms with Gasteiger partial charge in [0.15, 0.2) is 0 Å². The molecule has 3 rings (SSSR count). The van der Waals surface area contributed by atoms with E-state index in [4.69, 9.17) is 0 Å². The highest BCUT2D eigenvalue weighted by atomic mass is 15.2. The number of aryl methyl sites for hydroxylation is 1. The molecule has 1 aliphatic rings. The molecule has 1 fully saturated rings. The normalized spacial score (nSPS) is 16.1. The van der Waals surface area contributed by atoms with Crippen LogP contribution in [-0.2, 0) is 6.54 Å². The van der Waals surface area contributed by atoms with Gasteiger partial charge in [-0.1, -0.05) is 6.07 Å². The summed E-state index contributed by atoms with van der Waals surface area (Å²) in [6.07, 6.45) is 7.56. The number of hydrogen-bond donors (Lipinski definition) is 1. The van der Waals surface area contributed by atoms with Crippen molar-refractivity contribution >= 4 is 5.82 Å². The van der Waals surface area contributed by atoms with Gasteiger partial charge in [0.25, 0.3) is 0 Å². The minimum atomic E-state index is 0.556. The summed E-state index contributed by atoms with van der Waals surface area (Å²) in [6, 6.07) is 6.73. The molecule has 1 saturated heterocycles. The van der Waals surface area contributed by atoms with Crippen LogP contribution in [-0.4, -0.2) is 34.1 Å². The van der Waals surface area contributed by atoms with Crippen LogP contribution in [0, 0.1) is 6.92 Å². The summed E-state index contributed by atoms with van der Waals surface area (Å²) < 4.78 is 0. The fraction of sp³-hybridized carbons (Fsp3) is 0.438. The first kappa shape index (κ1) is 13.9. The van der Waals surface area contributed by atoms with E-state index in [-0.39, 0.29) is 0 Å². The number of aromatic nitrogens is 3. The molecular weight excluding hydrogens is 262 g/mol. The van der Waals surface area contributed by atoms with Crippen LogP contribution < -0.4 is 10.2 Å². The highest BCUT2D eigenvalue weighted by Gasteiger charge is 2.19. The molecule has 5 heteroatoms. The molecule has 110 valence electrons. The summed E-state index contributed by atoms with van der Waals surface area (Å²) in [5.74, 6) is 0.983. The lowest BCUT2D eigenvalue weighted by Crippen LogP contribution is -2.42. The van der Waals surface area contributed by atoms with E-state index >= 15 is 0 Å². The quantitative estimate of drug-likeness (QED) is 0.929. The second-order valence-corrected chi connectivity index (χ2v) is 5.48. The van der Waals surface area contributed by atoms with Crippen molar-refractivity contribution in [3.8, 4) is 0 Å². The molecule has 0 amide bonds. The second kappa shape index (κ2) is 6.63. The van der Waals surface area contributed by atoms with Crippen LogP contribution in [0.2, 0.25) is 0 Å². The van der Waals surface area contributed by atoms with Crippen molar-refractivity contribution in [1.29, 1.82) is 0 Å². The van der Waals surface area contributed by atoms with Gasteiger partial charge in [-0.25, -0.2) is 4.98 Å². The molecule has 1 N–H and O–H groups in total. The van der Waals surface area contributed by atoms with E-state index in [1.807, 2.05) is 19.2 Å². The Hall–Kier alpha value is -2.01. The van der Waals surface area contributed by atoms with Crippen LogP contribution in [0.1, 0.15) is 24.2 Å². The summed E-state index contributed by atoms with van der Waals surface area (Å²) in [5, 5.41) is 3.61. The molecule has 2 aromatic heterocycles. The van der Waals surface area contributed by atoms with Crippen molar-refractivity contribution in [3.05, 3.63) is 48.2 Å². The van der Waals surface area contributed by atoms with Crippen LogP contribution in [0.5, 0.6) is 0 Å². The van der Waals surface area contributed by atoms with E-state index in [0.717, 1.165) is 49.7 Å².